The number of carbonyl (C=O) groups is 1. The fourth-order valence-electron chi connectivity index (χ4n) is 2.89. The second kappa shape index (κ2) is 6.51. The Morgan fingerprint density at radius 1 is 1.32 bits per heavy atom. The molecule has 1 aliphatic heterocycles. The fourth-order valence-corrected chi connectivity index (χ4v) is 2.89. The molecule has 0 N–H and O–H groups in total. The lowest BCUT2D eigenvalue weighted by Crippen LogP contribution is -2.57. The van der Waals surface area contributed by atoms with Gasteiger partial charge in [0.05, 0.1) is 12.6 Å². The van der Waals surface area contributed by atoms with Crippen molar-refractivity contribution in [3.8, 4) is 0 Å². The molecule has 120 valence electrons. The largest absolute Gasteiger partial charge is 0.480 e. The van der Waals surface area contributed by atoms with Crippen molar-refractivity contribution in [2.24, 2.45) is 4.99 Å². The lowest BCUT2D eigenvalue weighted by molar-refractivity contribution is -0.141. The number of carbonyl (C=O) groups excluding carboxylic acids is 1. The average Bonchev–Trinajstić information content (AvgIpc) is 2.53. The molecule has 0 aromatic heterocycles. The van der Waals surface area contributed by atoms with Crippen LogP contribution in [0, 0.1) is 0 Å². The highest BCUT2D eigenvalue weighted by molar-refractivity contribution is 5.98. The third kappa shape index (κ3) is 2.87. The Kier molecular flexibility index (Phi) is 4.89. The number of aliphatic imine (C=N–C) groups is 1. The maximum Gasteiger partial charge on any atom is 0.251 e. The molecule has 0 radical (unpaired) electrons. The Hall–Kier alpha value is -1.84. The zero-order valence-corrected chi connectivity index (χ0v) is 14.2. The molecule has 2 rings (SSSR count). The molecule has 0 aliphatic carbocycles. The number of ether oxygens (including phenoxy) is 1. The highest BCUT2D eigenvalue weighted by Crippen LogP contribution is 2.33. The average molecular weight is 302 g/mol. The van der Waals surface area contributed by atoms with E-state index in [1.165, 1.54) is 0 Å². The minimum Gasteiger partial charge on any atom is -0.480 e. The molecule has 1 aliphatic rings. The molecule has 0 unspecified atom stereocenters. The SMILES string of the molecule is CCOC1=N[C@@](C)(CC)C(=O)N([C@@H](C)c2ccccc2)[C@@H]1C. The zero-order chi connectivity index (χ0) is 16.3. The van der Waals surface area contributed by atoms with Crippen LogP contribution in [-0.4, -0.2) is 34.9 Å². The standard InChI is InChI=1S/C18H26N2O2/c1-6-18(5)17(21)20(14(4)16(19-18)22-7-2)13(3)15-11-9-8-10-12-15/h8-14H,6-7H2,1-5H3/t13-,14+,18-/m0/s1. The van der Waals surface area contributed by atoms with Gasteiger partial charge in [-0.2, -0.15) is 0 Å². The number of rotatable bonds is 4. The van der Waals surface area contributed by atoms with Crippen molar-refractivity contribution >= 4 is 11.8 Å². The second-order valence-electron chi connectivity index (χ2n) is 5.99. The van der Waals surface area contributed by atoms with E-state index >= 15 is 0 Å². The van der Waals surface area contributed by atoms with Crippen LogP contribution in [-0.2, 0) is 9.53 Å². The first-order valence-corrected chi connectivity index (χ1v) is 8.04. The van der Waals surface area contributed by atoms with Crippen LogP contribution in [0.2, 0.25) is 0 Å². The van der Waals surface area contributed by atoms with E-state index in [1.807, 2.05) is 50.8 Å². The van der Waals surface area contributed by atoms with E-state index in [1.54, 1.807) is 0 Å². The summed E-state index contributed by atoms with van der Waals surface area (Å²) in [5.41, 5.74) is 0.388. The van der Waals surface area contributed by atoms with E-state index in [-0.39, 0.29) is 18.0 Å². The van der Waals surface area contributed by atoms with Crippen LogP contribution in [0.1, 0.15) is 52.6 Å². The molecule has 0 saturated heterocycles. The predicted octanol–water partition coefficient (Wildman–Crippen LogP) is 3.58. The first-order chi connectivity index (χ1) is 10.4. The van der Waals surface area contributed by atoms with E-state index in [0.29, 0.717) is 18.9 Å². The van der Waals surface area contributed by atoms with Gasteiger partial charge in [0, 0.05) is 0 Å². The summed E-state index contributed by atoms with van der Waals surface area (Å²) in [4.78, 5) is 19.5. The zero-order valence-electron chi connectivity index (χ0n) is 14.2. The predicted molar refractivity (Wildman–Crippen MR) is 88.9 cm³/mol. The number of hydrogen-bond acceptors (Lipinski definition) is 3. The van der Waals surface area contributed by atoms with Gasteiger partial charge < -0.3 is 9.64 Å². The summed E-state index contributed by atoms with van der Waals surface area (Å²) in [6.07, 6.45) is 0.660. The number of hydrogen-bond donors (Lipinski definition) is 0. The monoisotopic (exact) mass is 302 g/mol. The van der Waals surface area contributed by atoms with Gasteiger partial charge in [-0.3, -0.25) is 4.79 Å². The Labute approximate surface area is 133 Å². The molecule has 1 amide bonds. The topological polar surface area (TPSA) is 41.9 Å². The van der Waals surface area contributed by atoms with E-state index < -0.39 is 5.54 Å². The summed E-state index contributed by atoms with van der Waals surface area (Å²) in [6, 6.07) is 9.94. The van der Waals surface area contributed by atoms with Crippen LogP contribution >= 0.6 is 0 Å². The van der Waals surface area contributed by atoms with Crippen molar-refractivity contribution in [2.45, 2.75) is 58.7 Å². The van der Waals surface area contributed by atoms with Gasteiger partial charge in [-0.15, -0.1) is 0 Å². The van der Waals surface area contributed by atoms with Crippen LogP contribution in [0.3, 0.4) is 0 Å². The van der Waals surface area contributed by atoms with Gasteiger partial charge in [-0.05, 0) is 39.7 Å². The van der Waals surface area contributed by atoms with Gasteiger partial charge >= 0.3 is 0 Å². The van der Waals surface area contributed by atoms with E-state index in [4.69, 9.17) is 4.74 Å². The normalized spacial score (nSPS) is 26.6. The molecule has 0 saturated carbocycles. The van der Waals surface area contributed by atoms with Gasteiger partial charge in [-0.1, -0.05) is 37.3 Å². The lowest BCUT2D eigenvalue weighted by atomic mass is 9.92. The Balaban J connectivity index is 2.42. The molecule has 22 heavy (non-hydrogen) atoms. The molecule has 3 atom stereocenters. The molecular formula is C18H26N2O2. The molecule has 0 spiro atoms. The number of amides is 1. The highest BCUT2D eigenvalue weighted by Gasteiger charge is 2.45. The molecule has 0 bridgehead atoms. The maximum absolute atomic E-state index is 13.0. The first-order valence-electron chi connectivity index (χ1n) is 8.04. The summed E-state index contributed by atoms with van der Waals surface area (Å²) in [5, 5.41) is 0. The second-order valence-corrected chi connectivity index (χ2v) is 5.99. The molecule has 0 fully saturated rings. The van der Waals surface area contributed by atoms with E-state index in [0.717, 1.165) is 5.56 Å². The van der Waals surface area contributed by atoms with Gasteiger partial charge in [0.1, 0.15) is 11.6 Å². The van der Waals surface area contributed by atoms with Crippen LogP contribution in [0.5, 0.6) is 0 Å². The van der Waals surface area contributed by atoms with Gasteiger partial charge in [0.15, 0.2) is 0 Å². The third-order valence-electron chi connectivity index (χ3n) is 4.51. The molecule has 4 heteroatoms. The first kappa shape index (κ1) is 16.5. The van der Waals surface area contributed by atoms with Gasteiger partial charge in [0.2, 0.25) is 5.90 Å². The van der Waals surface area contributed by atoms with Crippen molar-refractivity contribution < 1.29 is 9.53 Å². The highest BCUT2D eigenvalue weighted by atomic mass is 16.5. The van der Waals surface area contributed by atoms with E-state index in [9.17, 15) is 4.79 Å². The Morgan fingerprint density at radius 3 is 2.50 bits per heavy atom. The summed E-state index contributed by atoms with van der Waals surface area (Å²) < 4.78 is 5.71. The maximum atomic E-state index is 13.0. The summed E-state index contributed by atoms with van der Waals surface area (Å²) in [6.45, 7) is 10.4. The summed E-state index contributed by atoms with van der Waals surface area (Å²) in [5.74, 6) is 0.733. The molecule has 1 aromatic rings. The minimum atomic E-state index is -0.736. The smallest absolute Gasteiger partial charge is 0.251 e. The molecule has 1 heterocycles. The van der Waals surface area contributed by atoms with Gasteiger partial charge in [-0.25, -0.2) is 4.99 Å². The van der Waals surface area contributed by atoms with Crippen LogP contribution < -0.4 is 0 Å². The fraction of sp³-hybridized carbons (Fsp3) is 0.556. The van der Waals surface area contributed by atoms with Crippen molar-refractivity contribution in [3.63, 3.8) is 0 Å². The summed E-state index contributed by atoms with van der Waals surface area (Å²) in [7, 11) is 0. The van der Waals surface area contributed by atoms with Crippen molar-refractivity contribution in [1.29, 1.82) is 0 Å². The number of nitrogens with zero attached hydrogens (tertiary/aromatic N) is 2. The molecule has 1 aromatic carbocycles. The number of benzene rings is 1. The molecular weight excluding hydrogens is 276 g/mol. The minimum absolute atomic E-state index is 0.0134. The van der Waals surface area contributed by atoms with E-state index in [2.05, 4.69) is 24.0 Å². The lowest BCUT2D eigenvalue weighted by Gasteiger charge is -2.43. The summed E-state index contributed by atoms with van der Waals surface area (Å²) >= 11 is 0. The van der Waals surface area contributed by atoms with Crippen molar-refractivity contribution in [3.05, 3.63) is 35.9 Å². The van der Waals surface area contributed by atoms with Crippen molar-refractivity contribution in [1.82, 2.24) is 4.90 Å². The van der Waals surface area contributed by atoms with Crippen LogP contribution in [0.25, 0.3) is 0 Å². The molecule has 4 nitrogen and oxygen atoms in total. The van der Waals surface area contributed by atoms with Crippen LogP contribution in [0.15, 0.2) is 35.3 Å². The van der Waals surface area contributed by atoms with Crippen molar-refractivity contribution in [2.75, 3.05) is 6.61 Å². The Morgan fingerprint density at radius 2 is 1.95 bits per heavy atom. The Bertz CT molecular complexity index is 555. The third-order valence-corrected chi connectivity index (χ3v) is 4.51. The quantitative estimate of drug-likeness (QED) is 0.853. The van der Waals surface area contributed by atoms with Crippen LogP contribution in [0.4, 0.5) is 0 Å². The van der Waals surface area contributed by atoms with Gasteiger partial charge in [0.25, 0.3) is 5.91 Å².